The van der Waals surface area contributed by atoms with Gasteiger partial charge in [-0.25, -0.2) is 9.97 Å². The Bertz CT molecular complexity index is 725. The summed E-state index contributed by atoms with van der Waals surface area (Å²) < 4.78 is 0. The monoisotopic (exact) mass is 321 g/mol. The van der Waals surface area contributed by atoms with Gasteiger partial charge in [0.1, 0.15) is 17.3 Å². The molecule has 0 radical (unpaired) electrons. The number of pyridine rings is 1. The molecule has 0 saturated carbocycles. The van der Waals surface area contributed by atoms with E-state index in [2.05, 4.69) is 15.3 Å². The number of thioether (sulfide) groups is 1. The standard InChI is InChI=1S/C11H7N5O3S2/c12-4-7-2-1-3-13-10(7)20-6-8(17)15-11-14-5-9(21-11)16(18)19/h1-3,5H,6H2,(H,14,15,17). The fraction of sp³-hybridized carbons (Fsp3) is 0.0909. The van der Waals surface area contributed by atoms with Crippen molar-refractivity contribution in [2.75, 3.05) is 11.1 Å². The van der Waals surface area contributed by atoms with Crippen molar-refractivity contribution in [1.82, 2.24) is 9.97 Å². The third-order valence-electron chi connectivity index (χ3n) is 2.15. The molecule has 0 atom stereocenters. The molecule has 0 aliphatic heterocycles. The molecule has 0 saturated heterocycles. The lowest BCUT2D eigenvalue weighted by atomic mass is 10.3. The second-order valence-electron chi connectivity index (χ2n) is 3.57. The van der Waals surface area contributed by atoms with Crippen LogP contribution < -0.4 is 5.32 Å². The van der Waals surface area contributed by atoms with Crippen LogP contribution in [0.15, 0.2) is 29.6 Å². The van der Waals surface area contributed by atoms with E-state index in [0.717, 1.165) is 29.3 Å². The Balaban J connectivity index is 1.93. The first kappa shape index (κ1) is 14.9. The van der Waals surface area contributed by atoms with Gasteiger partial charge in [0.2, 0.25) is 5.91 Å². The predicted molar refractivity (Wildman–Crippen MR) is 77.1 cm³/mol. The molecule has 0 aliphatic rings. The van der Waals surface area contributed by atoms with Gasteiger partial charge in [0, 0.05) is 6.20 Å². The minimum absolute atomic E-state index is 0.0269. The number of nitriles is 1. The maximum absolute atomic E-state index is 11.7. The summed E-state index contributed by atoms with van der Waals surface area (Å²) in [6, 6.07) is 5.23. The van der Waals surface area contributed by atoms with E-state index in [9.17, 15) is 14.9 Å². The van der Waals surface area contributed by atoms with Crippen molar-refractivity contribution in [1.29, 1.82) is 5.26 Å². The summed E-state index contributed by atoms with van der Waals surface area (Å²) in [5, 5.41) is 22.3. The molecule has 10 heteroatoms. The van der Waals surface area contributed by atoms with Crippen LogP contribution >= 0.6 is 23.1 Å². The van der Waals surface area contributed by atoms with Gasteiger partial charge in [0.15, 0.2) is 5.13 Å². The number of carbonyl (C=O) groups is 1. The van der Waals surface area contributed by atoms with Gasteiger partial charge in [0.05, 0.1) is 16.2 Å². The van der Waals surface area contributed by atoms with Crippen molar-refractivity contribution in [2.45, 2.75) is 5.03 Å². The largest absolute Gasteiger partial charge is 0.345 e. The predicted octanol–water partition coefficient (Wildman–Crippen LogP) is 2.05. The Kier molecular flexibility index (Phi) is 4.81. The lowest BCUT2D eigenvalue weighted by molar-refractivity contribution is -0.380. The number of thiazole rings is 1. The Labute approximate surface area is 127 Å². The summed E-state index contributed by atoms with van der Waals surface area (Å²) in [4.78, 5) is 29.4. The molecule has 0 fully saturated rings. The number of hydrogen-bond acceptors (Lipinski definition) is 8. The van der Waals surface area contributed by atoms with Crippen LogP contribution in [-0.4, -0.2) is 26.6 Å². The summed E-state index contributed by atoms with van der Waals surface area (Å²) in [6.07, 6.45) is 2.62. The Morgan fingerprint density at radius 1 is 1.57 bits per heavy atom. The van der Waals surface area contributed by atoms with Crippen LogP contribution in [0.25, 0.3) is 0 Å². The van der Waals surface area contributed by atoms with E-state index in [1.54, 1.807) is 12.1 Å². The molecule has 0 aromatic carbocycles. The van der Waals surface area contributed by atoms with Gasteiger partial charge in [-0.05, 0) is 23.5 Å². The molecule has 2 rings (SSSR count). The summed E-state index contributed by atoms with van der Waals surface area (Å²) >= 11 is 1.89. The van der Waals surface area contributed by atoms with E-state index in [-0.39, 0.29) is 21.8 Å². The number of nitrogens with zero attached hydrogens (tertiary/aromatic N) is 4. The van der Waals surface area contributed by atoms with E-state index in [1.165, 1.54) is 6.20 Å². The second-order valence-corrected chi connectivity index (χ2v) is 5.54. The van der Waals surface area contributed by atoms with Crippen LogP contribution in [0.4, 0.5) is 10.1 Å². The van der Waals surface area contributed by atoms with Crippen molar-refractivity contribution in [3.63, 3.8) is 0 Å². The number of amides is 1. The first-order valence-electron chi connectivity index (χ1n) is 5.48. The molecule has 0 spiro atoms. The Hall–Kier alpha value is -2.51. The van der Waals surface area contributed by atoms with Gasteiger partial charge in [0.25, 0.3) is 0 Å². The molecular formula is C11H7N5O3S2. The van der Waals surface area contributed by atoms with E-state index >= 15 is 0 Å². The van der Waals surface area contributed by atoms with Crippen molar-refractivity contribution in [2.24, 2.45) is 0 Å². The first-order valence-corrected chi connectivity index (χ1v) is 7.28. The highest BCUT2D eigenvalue weighted by Gasteiger charge is 2.14. The zero-order valence-corrected chi connectivity index (χ0v) is 12.0. The molecule has 1 amide bonds. The molecule has 106 valence electrons. The number of nitrogens with one attached hydrogen (secondary N) is 1. The molecule has 0 bridgehead atoms. The SMILES string of the molecule is N#Cc1cccnc1SCC(=O)Nc1ncc([N+](=O)[O-])s1. The number of hydrogen-bond donors (Lipinski definition) is 1. The minimum Gasteiger partial charge on any atom is -0.301 e. The van der Waals surface area contributed by atoms with Gasteiger partial charge in [-0.15, -0.1) is 0 Å². The quantitative estimate of drug-likeness (QED) is 0.508. The average molecular weight is 321 g/mol. The van der Waals surface area contributed by atoms with Crippen molar-refractivity contribution in [3.05, 3.63) is 40.2 Å². The maximum atomic E-state index is 11.7. The molecule has 2 aromatic heterocycles. The average Bonchev–Trinajstić information content (AvgIpc) is 2.94. The Morgan fingerprint density at radius 2 is 2.38 bits per heavy atom. The molecule has 0 aliphatic carbocycles. The van der Waals surface area contributed by atoms with E-state index in [4.69, 9.17) is 5.26 Å². The van der Waals surface area contributed by atoms with Crippen molar-refractivity contribution in [3.8, 4) is 6.07 Å². The van der Waals surface area contributed by atoms with Gasteiger partial charge < -0.3 is 5.32 Å². The summed E-state index contributed by atoms with van der Waals surface area (Å²) in [5.41, 5.74) is 0.389. The van der Waals surface area contributed by atoms with E-state index < -0.39 is 4.92 Å². The van der Waals surface area contributed by atoms with E-state index in [0.29, 0.717) is 10.6 Å². The lowest BCUT2D eigenvalue weighted by Crippen LogP contribution is -2.13. The molecule has 2 heterocycles. The van der Waals surface area contributed by atoms with Crippen LogP contribution in [0, 0.1) is 21.4 Å². The van der Waals surface area contributed by atoms with Crippen molar-refractivity contribution < 1.29 is 9.72 Å². The van der Waals surface area contributed by atoms with Crippen LogP contribution in [0.1, 0.15) is 5.56 Å². The lowest BCUT2D eigenvalue weighted by Gasteiger charge is -2.02. The Morgan fingerprint density at radius 3 is 3.05 bits per heavy atom. The smallest absolute Gasteiger partial charge is 0.301 e. The minimum atomic E-state index is -0.574. The number of aromatic nitrogens is 2. The zero-order chi connectivity index (χ0) is 15.2. The molecule has 0 unspecified atom stereocenters. The van der Waals surface area contributed by atoms with Gasteiger partial charge >= 0.3 is 5.00 Å². The van der Waals surface area contributed by atoms with Crippen LogP contribution in [-0.2, 0) is 4.79 Å². The fourth-order valence-corrected chi connectivity index (χ4v) is 2.68. The van der Waals surface area contributed by atoms with Gasteiger partial charge in [-0.2, -0.15) is 5.26 Å². The molecule has 1 N–H and O–H groups in total. The van der Waals surface area contributed by atoms with Crippen LogP contribution in [0.5, 0.6) is 0 Å². The topological polar surface area (TPSA) is 122 Å². The highest BCUT2D eigenvalue weighted by molar-refractivity contribution is 8.00. The third-order valence-corrected chi connectivity index (χ3v) is 4.02. The van der Waals surface area contributed by atoms with E-state index in [1.807, 2.05) is 6.07 Å². The number of carbonyl (C=O) groups excluding carboxylic acids is 1. The second kappa shape index (κ2) is 6.78. The fourth-order valence-electron chi connectivity index (χ4n) is 1.29. The highest BCUT2D eigenvalue weighted by Crippen LogP contribution is 2.25. The maximum Gasteiger partial charge on any atom is 0.345 e. The number of nitro groups is 1. The van der Waals surface area contributed by atoms with Crippen molar-refractivity contribution >= 4 is 39.1 Å². The van der Waals surface area contributed by atoms with Gasteiger partial charge in [-0.3, -0.25) is 14.9 Å². The normalized spacial score (nSPS) is 9.86. The number of rotatable bonds is 5. The molecule has 2 aromatic rings. The zero-order valence-electron chi connectivity index (χ0n) is 10.3. The summed E-state index contributed by atoms with van der Waals surface area (Å²) in [6.45, 7) is 0. The van der Waals surface area contributed by atoms with Crippen LogP contribution in [0.3, 0.4) is 0 Å². The third kappa shape index (κ3) is 3.98. The first-order chi connectivity index (χ1) is 10.1. The molecule has 21 heavy (non-hydrogen) atoms. The highest BCUT2D eigenvalue weighted by atomic mass is 32.2. The molecular weight excluding hydrogens is 314 g/mol. The van der Waals surface area contributed by atoms with Gasteiger partial charge in [-0.1, -0.05) is 11.8 Å². The summed E-state index contributed by atoms with van der Waals surface area (Å²) in [5.74, 6) is -0.349. The molecule has 8 nitrogen and oxygen atoms in total. The summed E-state index contributed by atoms with van der Waals surface area (Å²) in [7, 11) is 0. The van der Waals surface area contributed by atoms with Crippen LogP contribution in [0.2, 0.25) is 0 Å². The number of anilines is 1.